The Morgan fingerprint density at radius 3 is 2.78 bits per heavy atom. The van der Waals surface area contributed by atoms with Crippen LogP contribution in [0.15, 0.2) is 23.6 Å². The Hall–Kier alpha value is -1.17. The van der Waals surface area contributed by atoms with Crippen LogP contribution in [0.1, 0.15) is 30.6 Å². The van der Waals surface area contributed by atoms with Gasteiger partial charge in [0.15, 0.2) is 0 Å². The van der Waals surface area contributed by atoms with Crippen LogP contribution in [0.3, 0.4) is 0 Å². The van der Waals surface area contributed by atoms with Gasteiger partial charge in [-0.1, -0.05) is 6.07 Å². The number of thiophene rings is 1. The molecule has 1 aromatic heterocycles. The molecule has 1 amide bonds. The van der Waals surface area contributed by atoms with Crippen molar-refractivity contribution in [3.8, 4) is 0 Å². The van der Waals surface area contributed by atoms with Gasteiger partial charge in [0.25, 0.3) is 0 Å². The molecule has 1 aromatic rings. The largest absolute Gasteiger partial charge is 0.381 e. The van der Waals surface area contributed by atoms with E-state index in [1.807, 2.05) is 23.6 Å². The Morgan fingerprint density at radius 2 is 2.09 bits per heavy atom. The average molecular weight is 334 g/mol. The van der Waals surface area contributed by atoms with Gasteiger partial charge in [-0.3, -0.25) is 4.79 Å². The standard InChI is InChI=1S/C18H26N2O2S/c21-18(4-3-17-2-1-13-23-17)19-14-15-5-9-20(10-6-15)16-7-11-22-12-8-16/h1-4,13,15-16H,5-12,14H2,(H,19,21)/b4-3+. The lowest BCUT2D eigenvalue weighted by Crippen LogP contribution is -2.45. The molecule has 3 rings (SSSR count). The fourth-order valence-corrected chi connectivity index (χ4v) is 4.04. The lowest BCUT2D eigenvalue weighted by atomic mass is 9.94. The highest BCUT2D eigenvalue weighted by molar-refractivity contribution is 7.10. The number of amides is 1. The summed E-state index contributed by atoms with van der Waals surface area (Å²) in [6, 6.07) is 4.72. The first-order valence-electron chi connectivity index (χ1n) is 8.62. The van der Waals surface area contributed by atoms with E-state index in [2.05, 4.69) is 10.2 Å². The highest BCUT2D eigenvalue weighted by Gasteiger charge is 2.26. The number of hydrogen-bond donors (Lipinski definition) is 1. The van der Waals surface area contributed by atoms with Crippen molar-refractivity contribution in [1.29, 1.82) is 0 Å². The van der Waals surface area contributed by atoms with Gasteiger partial charge < -0.3 is 15.0 Å². The quantitative estimate of drug-likeness (QED) is 0.842. The maximum absolute atomic E-state index is 11.9. The lowest BCUT2D eigenvalue weighted by Gasteiger charge is -2.39. The van der Waals surface area contributed by atoms with Gasteiger partial charge in [-0.15, -0.1) is 11.3 Å². The molecule has 0 aromatic carbocycles. The fourth-order valence-electron chi connectivity index (χ4n) is 3.42. The van der Waals surface area contributed by atoms with Crippen molar-refractivity contribution >= 4 is 23.3 Å². The lowest BCUT2D eigenvalue weighted by molar-refractivity contribution is -0.116. The fraction of sp³-hybridized carbons (Fsp3) is 0.611. The molecule has 2 fully saturated rings. The van der Waals surface area contributed by atoms with Crippen molar-refractivity contribution in [3.05, 3.63) is 28.5 Å². The van der Waals surface area contributed by atoms with E-state index in [0.29, 0.717) is 12.0 Å². The van der Waals surface area contributed by atoms with Crippen molar-refractivity contribution in [2.24, 2.45) is 5.92 Å². The van der Waals surface area contributed by atoms with Gasteiger partial charge in [-0.2, -0.15) is 0 Å². The summed E-state index contributed by atoms with van der Waals surface area (Å²) in [7, 11) is 0. The molecular weight excluding hydrogens is 308 g/mol. The minimum absolute atomic E-state index is 0.0188. The monoisotopic (exact) mass is 334 g/mol. The zero-order chi connectivity index (χ0) is 15.9. The summed E-state index contributed by atoms with van der Waals surface area (Å²) < 4.78 is 5.45. The van der Waals surface area contributed by atoms with Crippen LogP contribution in [-0.2, 0) is 9.53 Å². The van der Waals surface area contributed by atoms with E-state index in [1.54, 1.807) is 17.4 Å². The topological polar surface area (TPSA) is 41.6 Å². The third-order valence-electron chi connectivity index (χ3n) is 4.86. The molecule has 2 aliphatic rings. The summed E-state index contributed by atoms with van der Waals surface area (Å²) in [5, 5.41) is 5.07. The molecule has 0 spiro atoms. The molecule has 2 saturated heterocycles. The second-order valence-corrected chi connectivity index (χ2v) is 7.40. The van der Waals surface area contributed by atoms with E-state index in [9.17, 15) is 4.79 Å². The first-order valence-corrected chi connectivity index (χ1v) is 9.50. The molecule has 0 bridgehead atoms. The van der Waals surface area contributed by atoms with Crippen LogP contribution in [0, 0.1) is 5.92 Å². The summed E-state index contributed by atoms with van der Waals surface area (Å²) in [5.74, 6) is 0.635. The molecule has 0 atom stereocenters. The number of hydrogen-bond acceptors (Lipinski definition) is 4. The molecule has 0 unspecified atom stereocenters. The van der Waals surface area contributed by atoms with Crippen molar-refractivity contribution in [3.63, 3.8) is 0 Å². The molecule has 0 saturated carbocycles. The Labute approximate surface area is 142 Å². The second-order valence-electron chi connectivity index (χ2n) is 6.42. The first kappa shape index (κ1) is 16.7. The maximum Gasteiger partial charge on any atom is 0.244 e. The van der Waals surface area contributed by atoms with Gasteiger partial charge in [0.05, 0.1) is 0 Å². The van der Waals surface area contributed by atoms with Gasteiger partial charge >= 0.3 is 0 Å². The number of likely N-dealkylation sites (tertiary alicyclic amines) is 1. The van der Waals surface area contributed by atoms with E-state index in [0.717, 1.165) is 37.7 Å². The number of nitrogens with one attached hydrogen (secondary N) is 1. The van der Waals surface area contributed by atoms with Crippen molar-refractivity contribution in [2.45, 2.75) is 31.7 Å². The van der Waals surface area contributed by atoms with Crippen molar-refractivity contribution < 1.29 is 9.53 Å². The number of nitrogens with zero attached hydrogens (tertiary/aromatic N) is 1. The molecule has 1 N–H and O–H groups in total. The normalized spacial score (nSPS) is 21.7. The Bertz CT molecular complexity index is 501. The highest BCUT2D eigenvalue weighted by atomic mass is 32.1. The van der Waals surface area contributed by atoms with Crippen LogP contribution >= 0.6 is 11.3 Å². The third kappa shape index (κ3) is 5.16. The van der Waals surface area contributed by atoms with Crippen LogP contribution in [0.25, 0.3) is 6.08 Å². The number of carbonyl (C=O) groups is 1. The van der Waals surface area contributed by atoms with E-state index in [-0.39, 0.29) is 5.91 Å². The number of rotatable bonds is 5. The van der Waals surface area contributed by atoms with Crippen molar-refractivity contribution in [2.75, 3.05) is 32.8 Å². The average Bonchev–Trinajstić information content (AvgIpc) is 3.13. The molecule has 5 heteroatoms. The summed E-state index contributed by atoms with van der Waals surface area (Å²) in [6.07, 6.45) is 8.25. The summed E-state index contributed by atoms with van der Waals surface area (Å²) in [5.41, 5.74) is 0. The SMILES string of the molecule is O=C(/C=C/c1cccs1)NCC1CCN(C2CCOCC2)CC1. The van der Waals surface area contributed by atoms with E-state index in [1.165, 1.54) is 25.7 Å². The predicted octanol–water partition coefficient (Wildman–Crippen LogP) is 2.77. The zero-order valence-electron chi connectivity index (χ0n) is 13.6. The molecule has 0 aliphatic carbocycles. The number of ether oxygens (including phenoxy) is 1. The van der Waals surface area contributed by atoms with E-state index < -0.39 is 0 Å². The zero-order valence-corrected chi connectivity index (χ0v) is 14.4. The minimum atomic E-state index is 0.0188. The first-order chi connectivity index (χ1) is 11.3. The van der Waals surface area contributed by atoms with Gasteiger partial charge in [-0.25, -0.2) is 0 Å². The molecule has 4 nitrogen and oxygen atoms in total. The third-order valence-corrected chi connectivity index (χ3v) is 5.70. The predicted molar refractivity (Wildman–Crippen MR) is 94.5 cm³/mol. The van der Waals surface area contributed by atoms with Gasteiger partial charge in [0, 0.05) is 36.8 Å². The molecule has 3 heterocycles. The van der Waals surface area contributed by atoms with Crippen LogP contribution in [0.4, 0.5) is 0 Å². The molecule has 0 radical (unpaired) electrons. The van der Waals surface area contributed by atoms with Gasteiger partial charge in [-0.05, 0) is 62.2 Å². The summed E-state index contributed by atoms with van der Waals surface area (Å²) >= 11 is 1.64. The summed E-state index contributed by atoms with van der Waals surface area (Å²) in [6.45, 7) is 4.95. The van der Waals surface area contributed by atoms with Gasteiger partial charge in [0.1, 0.15) is 0 Å². The van der Waals surface area contributed by atoms with Crippen LogP contribution < -0.4 is 5.32 Å². The molecule has 23 heavy (non-hydrogen) atoms. The second kappa shape index (κ2) is 8.62. The molecular formula is C18H26N2O2S. The van der Waals surface area contributed by atoms with Crippen LogP contribution in [0.5, 0.6) is 0 Å². The highest BCUT2D eigenvalue weighted by Crippen LogP contribution is 2.22. The number of carbonyl (C=O) groups excluding carboxylic acids is 1. The Morgan fingerprint density at radius 1 is 1.30 bits per heavy atom. The van der Waals surface area contributed by atoms with Crippen LogP contribution in [-0.4, -0.2) is 49.7 Å². The van der Waals surface area contributed by atoms with E-state index in [4.69, 9.17) is 4.74 Å². The maximum atomic E-state index is 11.9. The van der Waals surface area contributed by atoms with Gasteiger partial charge in [0.2, 0.25) is 5.91 Å². The molecule has 126 valence electrons. The smallest absolute Gasteiger partial charge is 0.244 e. The minimum Gasteiger partial charge on any atom is -0.381 e. The molecule has 2 aliphatic heterocycles. The Balaban J connectivity index is 1.35. The number of piperidine rings is 1. The van der Waals surface area contributed by atoms with E-state index >= 15 is 0 Å². The van der Waals surface area contributed by atoms with Crippen molar-refractivity contribution in [1.82, 2.24) is 10.2 Å². The Kier molecular flexibility index (Phi) is 6.25. The van der Waals surface area contributed by atoms with Crippen LogP contribution in [0.2, 0.25) is 0 Å². The summed E-state index contributed by atoms with van der Waals surface area (Å²) in [4.78, 5) is 15.6.